The first-order valence-electron chi connectivity index (χ1n) is 6.78. The molecule has 5 nitrogen and oxygen atoms in total. The summed E-state index contributed by atoms with van der Waals surface area (Å²) in [5.41, 5.74) is 0.991. The highest BCUT2D eigenvalue weighted by Crippen LogP contribution is 2.28. The molecule has 0 spiro atoms. The van der Waals surface area contributed by atoms with Crippen LogP contribution in [-0.4, -0.2) is 34.9 Å². The lowest BCUT2D eigenvalue weighted by Gasteiger charge is -2.10. The van der Waals surface area contributed by atoms with E-state index >= 15 is 0 Å². The van der Waals surface area contributed by atoms with Crippen molar-refractivity contribution in [1.29, 1.82) is 0 Å². The molecule has 2 N–H and O–H groups in total. The Labute approximate surface area is 136 Å². The maximum absolute atomic E-state index is 12.8. The van der Waals surface area contributed by atoms with Crippen LogP contribution < -0.4 is 10.6 Å². The van der Waals surface area contributed by atoms with Gasteiger partial charge in [-0.05, 0) is 31.0 Å². The van der Waals surface area contributed by atoms with Crippen LogP contribution in [0.2, 0.25) is 0 Å². The van der Waals surface area contributed by atoms with Crippen LogP contribution in [0.5, 0.6) is 0 Å². The summed E-state index contributed by atoms with van der Waals surface area (Å²) in [6.45, 7) is 2.35. The highest BCUT2D eigenvalue weighted by atomic mass is 32.2. The van der Waals surface area contributed by atoms with Crippen molar-refractivity contribution >= 4 is 34.1 Å². The average molecular weight is 340 g/mol. The minimum Gasteiger partial charge on any atom is -0.363 e. The van der Waals surface area contributed by atoms with E-state index < -0.39 is 0 Å². The van der Waals surface area contributed by atoms with E-state index in [0.717, 1.165) is 15.0 Å². The molecular weight excluding hydrogens is 323 g/mol. The van der Waals surface area contributed by atoms with Gasteiger partial charge in [-0.2, -0.15) is 0 Å². The molecular formula is C14H17FN4OS2. The molecule has 1 amide bonds. The summed E-state index contributed by atoms with van der Waals surface area (Å²) in [5, 5.41) is 14.2. The zero-order valence-electron chi connectivity index (χ0n) is 12.3. The topological polar surface area (TPSA) is 66.9 Å². The number of rotatable bonds is 7. The molecule has 0 saturated carbocycles. The van der Waals surface area contributed by atoms with E-state index in [-0.39, 0.29) is 17.0 Å². The summed E-state index contributed by atoms with van der Waals surface area (Å²) < 4.78 is 13.5. The summed E-state index contributed by atoms with van der Waals surface area (Å²) >= 11 is 2.79. The first kappa shape index (κ1) is 16.7. The van der Waals surface area contributed by atoms with Gasteiger partial charge in [0.1, 0.15) is 5.82 Å². The molecule has 0 aliphatic rings. The van der Waals surface area contributed by atoms with Crippen molar-refractivity contribution < 1.29 is 9.18 Å². The second-order valence-corrected chi connectivity index (χ2v) is 7.12. The lowest BCUT2D eigenvalue weighted by molar-refractivity contribution is -0.120. The second-order valence-electron chi connectivity index (χ2n) is 4.55. The molecule has 8 heteroatoms. The van der Waals surface area contributed by atoms with Gasteiger partial charge in [0, 0.05) is 13.6 Å². The van der Waals surface area contributed by atoms with Gasteiger partial charge in [-0.1, -0.05) is 35.2 Å². The molecule has 2 rings (SSSR count). The second kappa shape index (κ2) is 8.09. The Kier molecular flexibility index (Phi) is 6.14. The lowest BCUT2D eigenvalue weighted by Crippen LogP contribution is -2.32. The Balaban J connectivity index is 1.75. The van der Waals surface area contributed by atoms with E-state index in [9.17, 15) is 9.18 Å². The van der Waals surface area contributed by atoms with Crippen LogP contribution in [0.25, 0.3) is 0 Å². The van der Waals surface area contributed by atoms with Gasteiger partial charge in [0.15, 0.2) is 4.34 Å². The van der Waals surface area contributed by atoms with Gasteiger partial charge in [-0.15, -0.1) is 10.2 Å². The zero-order valence-corrected chi connectivity index (χ0v) is 13.9. The van der Waals surface area contributed by atoms with Crippen LogP contribution in [0.15, 0.2) is 28.6 Å². The monoisotopic (exact) mass is 340 g/mol. The number of halogens is 1. The number of hydrogen-bond donors (Lipinski definition) is 2. The lowest BCUT2D eigenvalue weighted by atomic mass is 10.1. The molecule has 2 aromatic rings. The van der Waals surface area contributed by atoms with E-state index in [0.29, 0.717) is 13.0 Å². The number of carbonyl (C=O) groups excluding carboxylic acids is 1. The SMILES string of the molecule is CNc1nnc(S[C@H](C)C(=O)NCCc2ccc(F)cc2)s1. The number of thioether (sulfide) groups is 1. The number of anilines is 1. The number of nitrogens with one attached hydrogen (secondary N) is 2. The molecule has 0 aliphatic carbocycles. The molecule has 1 atom stereocenters. The normalized spacial score (nSPS) is 12.0. The fraction of sp³-hybridized carbons (Fsp3) is 0.357. The highest BCUT2D eigenvalue weighted by molar-refractivity contribution is 8.02. The largest absolute Gasteiger partial charge is 0.363 e. The molecule has 0 saturated heterocycles. The van der Waals surface area contributed by atoms with Gasteiger partial charge in [-0.25, -0.2) is 4.39 Å². The molecule has 0 aliphatic heterocycles. The molecule has 22 heavy (non-hydrogen) atoms. The third-order valence-corrected chi connectivity index (χ3v) is 5.02. The Bertz CT molecular complexity index is 618. The summed E-state index contributed by atoms with van der Waals surface area (Å²) in [4.78, 5) is 12.0. The fourth-order valence-corrected chi connectivity index (χ4v) is 3.56. The van der Waals surface area contributed by atoms with Crippen molar-refractivity contribution in [2.75, 3.05) is 18.9 Å². The van der Waals surface area contributed by atoms with E-state index in [2.05, 4.69) is 20.8 Å². The van der Waals surface area contributed by atoms with E-state index in [1.54, 1.807) is 19.2 Å². The van der Waals surface area contributed by atoms with Crippen LogP contribution in [0.1, 0.15) is 12.5 Å². The van der Waals surface area contributed by atoms with Gasteiger partial charge in [-0.3, -0.25) is 4.79 Å². The maximum Gasteiger partial charge on any atom is 0.233 e. The Morgan fingerprint density at radius 2 is 2.09 bits per heavy atom. The van der Waals surface area contributed by atoms with Gasteiger partial charge in [0.2, 0.25) is 11.0 Å². The first-order valence-corrected chi connectivity index (χ1v) is 8.48. The van der Waals surface area contributed by atoms with Crippen LogP contribution in [0.3, 0.4) is 0 Å². The van der Waals surface area contributed by atoms with Gasteiger partial charge in [0.25, 0.3) is 0 Å². The van der Waals surface area contributed by atoms with Crippen molar-refractivity contribution in [3.8, 4) is 0 Å². The molecule has 1 aromatic heterocycles. The quantitative estimate of drug-likeness (QED) is 0.758. The number of nitrogens with zero attached hydrogens (tertiary/aromatic N) is 2. The van der Waals surface area contributed by atoms with Crippen molar-refractivity contribution in [2.24, 2.45) is 0 Å². The summed E-state index contributed by atoms with van der Waals surface area (Å²) in [7, 11) is 1.78. The molecule has 1 aromatic carbocycles. The average Bonchev–Trinajstić information content (AvgIpc) is 2.96. The van der Waals surface area contributed by atoms with Crippen molar-refractivity contribution in [1.82, 2.24) is 15.5 Å². The van der Waals surface area contributed by atoms with Crippen molar-refractivity contribution in [3.05, 3.63) is 35.6 Å². The maximum atomic E-state index is 12.8. The van der Waals surface area contributed by atoms with Crippen LogP contribution in [0.4, 0.5) is 9.52 Å². The number of hydrogen-bond acceptors (Lipinski definition) is 6. The molecule has 0 unspecified atom stereocenters. The smallest absolute Gasteiger partial charge is 0.233 e. The number of carbonyl (C=O) groups is 1. The predicted octanol–water partition coefficient (Wildman–Crippen LogP) is 2.56. The van der Waals surface area contributed by atoms with E-state index in [4.69, 9.17) is 0 Å². The Morgan fingerprint density at radius 3 is 2.73 bits per heavy atom. The highest BCUT2D eigenvalue weighted by Gasteiger charge is 2.16. The number of benzene rings is 1. The number of aromatic nitrogens is 2. The third-order valence-electron chi connectivity index (χ3n) is 2.89. The van der Waals surface area contributed by atoms with Gasteiger partial charge in [0.05, 0.1) is 5.25 Å². The minimum atomic E-state index is -0.254. The number of amides is 1. The Hall–Kier alpha value is -1.67. The summed E-state index contributed by atoms with van der Waals surface area (Å²) in [6.07, 6.45) is 0.673. The molecule has 118 valence electrons. The van der Waals surface area contributed by atoms with Crippen molar-refractivity contribution in [2.45, 2.75) is 22.9 Å². The third kappa shape index (κ3) is 4.96. The standard InChI is InChI=1S/C14H17FN4OS2/c1-9(21-14-19-18-13(16-2)22-14)12(20)17-8-7-10-3-5-11(15)6-4-10/h3-6,9H,7-8H2,1-2H3,(H,16,18)(H,17,20)/t9-/m1/s1. The van der Waals surface area contributed by atoms with Gasteiger partial charge < -0.3 is 10.6 Å². The van der Waals surface area contributed by atoms with Crippen LogP contribution in [0, 0.1) is 5.82 Å². The van der Waals surface area contributed by atoms with E-state index in [1.807, 2.05) is 6.92 Å². The zero-order chi connectivity index (χ0) is 15.9. The van der Waals surface area contributed by atoms with Crippen LogP contribution in [-0.2, 0) is 11.2 Å². The molecule has 0 bridgehead atoms. The molecule has 0 fully saturated rings. The molecule has 0 radical (unpaired) electrons. The van der Waals surface area contributed by atoms with Gasteiger partial charge >= 0.3 is 0 Å². The van der Waals surface area contributed by atoms with Crippen LogP contribution >= 0.6 is 23.1 Å². The molecule has 1 heterocycles. The van der Waals surface area contributed by atoms with Crippen molar-refractivity contribution in [3.63, 3.8) is 0 Å². The minimum absolute atomic E-state index is 0.0479. The van der Waals surface area contributed by atoms with E-state index in [1.165, 1.54) is 35.2 Å². The summed E-state index contributed by atoms with van der Waals surface area (Å²) in [6, 6.07) is 6.29. The Morgan fingerprint density at radius 1 is 1.36 bits per heavy atom. The summed E-state index contributed by atoms with van der Waals surface area (Å²) in [5.74, 6) is -0.302. The predicted molar refractivity (Wildman–Crippen MR) is 87.9 cm³/mol. The first-order chi connectivity index (χ1) is 10.6. The fourth-order valence-electron chi connectivity index (χ4n) is 1.69.